The molecule has 4 nitrogen and oxygen atoms in total. The molecule has 1 unspecified atom stereocenters. The Balaban J connectivity index is 2.09. The first-order valence-electron chi connectivity index (χ1n) is 4.96. The second kappa shape index (κ2) is 4.49. The highest BCUT2D eigenvalue weighted by atomic mass is 19.1. The van der Waals surface area contributed by atoms with Crippen LogP contribution >= 0.6 is 0 Å². The molecule has 1 saturated heterocycles. The van der Waals surface area contributed by atoms with Crippen LogP contribution in [0.5, 0.6) is 5.75 Å². The zero-order valence-electron chi connectivity index (χ0n) is 8.83. The Kier molecular flexibility index (Phi) is 3.05. The van der Waals surface area contributed by atoms with Crippen LogP contribution in [0.3, 0.4) is 0 Å². The van der Waals surface area contributed by atoms with E-state index in [1.54, 1.807) is 0 Å². The van der Waals surface area contributed by atoms with Crippen molar-refractivity contribution in [1.29, 1.82) is 0 Å². The largest absolute Gasteiger partial charge is 0.489 e. The summed E-state index contributed by atoms with van der Waals surface area (Å²) in [5, 5.41) is 2.51. The van der Waals surface area contributed by atoms with Crippen LogP contribution in [0, 0.1) is 5.82 Å². The molecule has 0 spiro atoms. The van der Waals surface area contributed by atoms with Crippen LogP contribution in [0.4, 0.5) is 10.1 Å². The van der Waals surface area contributed by atoms with Gasteiger partial charge in [-0.2, -0.15) is 0 Å². The molecule has 1 N–H and O–H groups in total. The van der Waals surface area contributed by atoms with E-state index in [0.717, 1.165) is 0 Å². The molecule has 2 rings (SSSR count). The number of carbonyl (C=O) groups excluding carboxylic acids is 1. The van der Waals surface area contributed by atoms with Crippen molar-refractivity contribution < 1.29 is 18.7 Å². The molecule has 0 aliphatic carbocycles. The van der Waals surface area contributed by atoms with Crippen LogP contribution in [-0.4, -0.2) is 25.2 Å². The molecular weight excluding hydrogens is 213 g/mol. The predicted molar refractivity (Wildman–Crippen MR) is 55.9 cm³/mol. The standard InChI is InChI=1S/C11H12FNO3/c1-7(14)13-10-4-8(12)2-3-11(10)16-6-9-5-15-9/h2-4,9H,5-6H2,1H3,(H,13,14). The van der Waals surface area contributed by atoms with Gasteiger partial charge in [-0.15, -0.1) is 0 Å². The van der Waals surface area contributed by atoms with Gasteiger partial charge in [0.2, 0.25) is 5.91 Å². The Bertz CT molecular complexity index is 404. The Hall–Kier alpha value is -1.62. The lowest BCUT2D eigenvalue weighted by Crippen LogP contribution is -2.10. The molecule has 5 heteroatoms. The topological polar surface area (TPSA) is 50.9 Å². The number of hydrogen-bond donors (Lipinski definition) is 1. The van der Waals surface area contributed by atoms with E-state index in [2.05, 4.69) is 5.32 Å². The maximum atomic E-state index is 13.0. The number of halogens is 1. The summed E-state index contributed by atoms with van der Waals surface area (Å²) in [5.74, 6) is -0.232. The summed E-state index contributed by atoms with van der Waals surface area (Å²) in [6.07, 6.45) is 0.121. The summed E-state index contributed by atoms with van der Waals surface area (Å²) in [4.78, 5) is 10.9. The fraction of sp³-hybridized carbons (Fsp3) is 0.364. The van der Waals surface area contributed by atoms with Crippen molar-refractivity contribution in [1.82, 2.24) is 0 Å². The Morgan fingerprint density at radius 2 is 2.44 bits per heavy atom. The van der Waals surface area contributed by atoms with Crippen molar-refractivity contribution >= 4 is 11.6 Å². The normalized spacial score (nSPS) is 18.0. The molecule has 1 aliphatic rings. The molecule has 0 saturated carbocycles. The first-order valence-corrected chi connectivity index (χ1v) is 4.96. The minimum absolute atomic E-state index is 0.121. The van der Waals surface area contributed by atoms with Crippen molar-refractivity contribution in [3.8, 4) is 5.75 Å². The molecule has 1 aromatic carbocycles. The van der Waals surface area contributed by atoms with E-state index < -0.39 is 5.82 Å². The van der Waals surface area contributed by atoms with Crippen LogP contribution in [0.1, 0.15) is 6.92 Å². The van der Waals surface area contributed by atoms with Gasteiger partial charge in [-0.3, -0.25) is 4.79 Å². The fourth-order valence-electron chi connectivity index (χ4n) is 1.26. The molecule has 0 bridgehead atoms. The molecule has 16 heavy (non-hydrogen) atoms. The van der Waals surface area contributed by atoms with Crippen LogP contribution in [0.2, 0.25) is 0 Å². The zero-order valence-corrected chi connectivity index (χ0v) is 8.83. The average molecular weight is 225 g/mol. The molecule has 0 aromatic heterocycles. The SMILES string of the molecule is CC(=O)Nc1cc(F)ccc1OCC1CO1. The third-order valence-electron chi connectivity index (χ3n) is 2.08. The van der Waals surface area contributed by atoms with Crippen LogP contribution in [0.15, 0.2) is 18.2 Å². The molecular formula is C11H12FNO3. The van der Waals surface area contributed by atoms with Gasteiger partial charge in [-0.1, -0.05) is 0 Å². The van der Waals surface area contributed by atoms with Gasteiger partial charge < -0.3 is 14.8 Å². The van der Waals surface area contributed by atoms with Crippen LogP contribution in [-0.2, 0) is 9.53 Å². The van der Waals surface area contributed by atoms with Gasteiger partial charge in [0.15, 0.2) is 0 Å². The van der Waals surface area contributed by atoms with E-state index >= 15 is 0 Å². The van der Waals surface area contributed by atoms with E-state index in [1.165, 1.54) is 25.1 Å². The summed E-state index contributed by atoms with van der Waals surface area (Å²) in [6, 6.07) is 4.00. The quantitative estimate of drug-likeness (QED) is 0.791. The van der Waals surface area contributed by atoms with Gasteiger partial charge in [0.25, 0.3) is 0 Å². The number of amides is 1. The number of rotatable bonds is 4. The van der Waals surface area contributed by atoms with Gasteiger partial charge in [0, 0.05) is 13.0 Å². The van der Waals surface area contributed by atoms with E-state index in [1.807, 2.05) is 0 Å². The number of anilines is 1. The lowest BCUT2D eigenvalue weighted by molar-refractivity contribution is -0.114. The minimum Gasteiger partial charge on any atom is -0.489 e. The van der Waals surface area contributed by atoms with Crippen molar-refractivity contribution in [3.63, 3.8) is 0 Å². The second-order valence-corrected chi connectivity index (χ2v) is 3.59. The molecule has 1 aliphatic heterocycles. The Labute approximate surface area is 92.4 Å². The zero-order chi connectivity index (χ0) is 11.5. The van der Waals surface area contributed by atoms with Crippen LogP contribution in [0.25, 0.3) is 0 Å². The van der Waals surface area contributed by atoms with E-state index in [9.17, 15) is 9.18 Å². The fourth-order valence-corrected chi connectivity index (χ4v) is 1.26. The first kappa shape index (κ1) is 10.9. The maximum Gasteiger partial charge on any atom is 0.221 e. The number of ether oxygens (including phenoxy) is 2. The molecule has 1 aromatic rings. The summed E-state index contributed by atoms with van der Waals surface area (Å²) < 4.78 is 23.4. The maximum absolute atomic E-state index is 13.0. The Morgan fingerprint density at radius 1 is 1.69 bits per heavy atom. The van der Waals surface area contributed by atoms with Crippen molar-refractivity contribution in [3.05, 3.63) is 24.0 Å². The number of nitrogens with one attached hydrogen (secondary N) is 1. The van der Waals surface area contributed by atoms with Gasteiger partial charge in [-0.05, 0) is 12.1 Å². The summed E-state index contributed by atoms with van der Waals surface area (Å²) in [5.41, 5.74) is 0.341. The number of hydrogen-bond acceptors (Lipinski definition) is 3. The summed E-state index contributed by atoms with van der Waals surface area (Å²) >= 11 is 0. The van der Waals surface area contributed by atoms with E-state index in [-0.39, 0.29) is 12.0 Å². The Morgan fingerprint density at radius 3 is 3.06 bits per heavy atom. The third-order valence-corrected chi connectivity index (χ3v) is 2.08. The summed E-state index contributed by atoms with van der Waals surface area (Å²) in [6.45, 7) is 2.47. The molecule has 1 fully saturated rings. The van der Waals surface area contributed by atoms with E-state index in [0.29, 0.717) is 24.7 Å². The minimum atomic E-state index is -0.418. The first-order chi connectivity index (χ1) is 7.65. The van der Waals surface area contributed by atoms with Gasteiger partial charge in [-0.25, -0.2) is 4.39 Å². The molecule has 1 heterocycles. The van der Waals surface area contributed by atoms with E-state index in [4.69, 9.17) is 9.47 Å². The highest BCUT2D eigenvalue weighted by molar-refractivity contribution is 5.90. The summed E-state index contributed by atoms with van der Waals surface area (Å²) in [7, 11) is 0. The molecule has 1 amide bonds. The van der Waals surface area contributed by atoms with Gasteiger partial charge >= 0.3 is 0 Å². The number of carbonyl (C=O) groups is 1. The lowest BCUT2D eigenvalue weighted by Gasteiger charge is -2.10. The smallest absolute Gasteiger partial charge is 0.221 e. The number of epoxide rings is 1. The van der Waals surface area contributed by atoms with Crippen molar-refractivity contribution in [2.24, 2.45) is 0 Å². The van der Waals surface area contributed by atoms with Gasteiger partial charge in [0.05, 0.1) is 12.3 Å². The third kappa shape index (κ3) is 2.93. The predicted octanol–water partition coefficient (Wildman–Crippen LogP) is 1.56. The molecule has 1 atom stereocenters. The highest BCUT2D eigenvalue weighted by Crippen LogP contribution is 2.26. The molecule has 86 valence electrons. The van der Waals surface area contributed by atoms with Crippen molar-refractivity contribution in [2.45, 2.75) is 13.0 Å². The number of benzene rings is 1. The highest BCUT2D eigenvalue weighted by Gasteiger charge is 2.23. The average Bonchev–Trinajstić information content (AvgIpc) is 2.99. The second-order valence-electron chi connectivity index (χ2n) is 3.59. The van der Waals surface area contributed by atoms with Gasteiger partial charge in [0.1, 0.15) is 24.3 Å². The molecule has 0 radical (unpaired) electrons. The van der Waals surface area contributed by atoms with Crippen LogP contribution < -0.4 is 10.1 Å². The monoisotopic (exact) mass is 225 g/mol. The van der Waals surface area contributed by atoms with Crippen molar-refractivity contribution in [2.75, 3.05) is 18.5 Å². The lowest BCUT2D eigenvalue weighted by atomic mass is 10.3.